The Hall–Kier alpha value is -2.18. The summed E-state index contributed by atoms with van der Waals surface area (Å²) < 4.78 is 10.3. The van der Waals surface area contributed by atoms with Gasteiger partial charge in [-0.1, -0.05) is 146 Å². The fourth-order valence-electron chi connectivity index (χ4n) is 4.94. The summed E-state index contributed by atoms with van der Waals surface area (Å²) >= 11 is 0. The molecular formula is C40H70O6. The van der Waals surface area contributed by atoms with Crippen molar-refractivity contribution < 1.29 is 29.3 Å². The van der Waals surface area contributed by atoms with Crippen LogP contribution in [0.1, 0.15) is 168 Å². The summed E-state index contributed by atoms with van der Waals surface area (Å²) in [5.74, 6) is -0.646. The van der Waals surface area contributed by atoms with E-state index in [9.17, 15) is 19.8 Å². The maximum Gasteiger partial charge on any atom is 0.305 e. The van der Waals surface area contributed by atoms with Crippen molar-refractivity contribution in [3.8, 4) is 0 Å². The van der Waals surface area contributed by atoms with Crippen LogP contribution in [0.3, 0.4) is 0 Å². The van der Waals surface area contributed by atoms with Crippen molar-refractivity contribution in [3.63, 3.8) is 0 Å². The molecule has 0 aromatic carbocycles. The predicted molar refractivity (Wildman–Crippen MR) is 193 cm³/mol. The Morgan fingerprint density at radius 2 is 0.891 bits per heavy atom. The first kappa shape index (κ1) is 43.8. The van der Waals surface area contributed by atoms with Crippen LogP contribution in [0.25, 0.3) is 0 Å². The van der Waals surface area contributed by atoms with Gasteiger partial charge >= 0.3 is 11.9 Å². The van der Waals surface area contributed by atoms with Crippen molar-refractivity contribution >= 4 is 11.9 Å². The average molecular weight is 647 g/mol. The Morgan fingerprint density at radius 1 is 0.500 bits per heavy atom. The number of esters is 2. The van der Waals surface area contributed by atoms with Gasteiger partial charge in [-0.2, -0.15) is 0 Å². The van der Waals surface area contributed by atoms with Crippen molar-refractivity contribution in [2.45, 2.75) is 180 Å². The monoisotopic (exact) mass is 647 g/mol. The number of unbranched alkanes of at least 4 members (excludes halogenated alkanes) is 14. The van der Waals surface area contributed by atoms with E-state index in [1.165, 1.54) is 70.6 Å². The minimum absolute atomic E-state index is 0.140. The fourth-order valence-corrected chi connectivity index (χ4v) is 4.94. The van der Waals surface area contributed by atoms with Crippen LogP contribution in [0.15, 0.2) is 48.6 Å². The minimum Gasteiger partial charge on any atom is -0.463 e. The maximum absolute atomic E-state index is 11.9. The first-order chi connectivity index (χ1) is 22.5. The molecule has 0 fully saturated rings. The molecule has 6 nitrogen and oxygen atoms in total. The third-order valence-corrected chi connectivity index (χ3v) is 7.98. The van der Waals surface area contributed by atoms with E-state index in [4.69, 9.17) is 9.47 Å². The molecule has 0 aliphatic heterocycles. The van der Waals surface area contributed by atoms with E-state index in [2.05, 4.69) is 55.5 Å². The van der Waals surface area contributed by atoms with Gasteiger partial charge in [-0.3, -0.25) is 9.59 Å². The van der Waals surface area contributed by atoms with E-state index < -0.39 is 6.10 Å². The zero-order valence-corrected chi connectivity index (χ0v) is 29.7. The lowest BCUT2D eigenvalue weighted by atomic mass is 10.0. The van der Waals surface area contributed by atoms with Crippen LogP contribution in [-0.2, 0) is 19.1 Å². The summed E-state index contributed by atoms with van der Waals surface area (Å²) in [6, 6.07) is 0. The number of carbonyl (C=O) groups excluding carboxylic acids is 2. The zero-order chi connectivity index (χ0) is 33.8. The summed E-state index contributed by atoms with van der Waals surface area (Å²) in [6.07, 6.45) is 41.1. The van der Waals surface area contributed by atoms with E-state index in [1.807, 2.05) is 6.92 Å². The molecule has 6 heteroatoms. The van der Waals surface area contributed by atoms with Gasteiger partial charge < -0.3 is 19.7 Å². The molecule has 46 heavy (non-hydrogen) atoms. The standard InChI is InChI=1S/C40H70O6/c1-3-5-6-7-8-9-10-11-15-18-21-24-27-30-33-39(43)45-35-38(42)36-46-40(44)34-31-28-25-22-19-16-13-12-14-17-20-23-26-29-32-37(41)4-2/h13-14,16-17,22-23,25-26,37-38,41-42H,3-12,15,18-21,24,27-36H2,1-2H3/b16-13-,17-14-,25-22-,26-23-/t37-,38-/m0/s1. The van der Waals surface area contributed by atoms with Crippen LogP contribution in [0.5, 0.6) is 0 Å². The van der Waals surface area contributed by atoms with Gasteiger partial charge in [0.2, 0.25) is 0 Å². The quantitative estimate of drug-likeness (QED) is 0.0419. The molecule has 2 atom stereocenters. The third kappa shape index (κ3) is 34.7. The molecule has 2 N–H and O–H groups in total. The molecule has 0 heterocycles. The van der Waals surface area contributed by atoms with Gasteiger partial charge in [-0.15, -0.1) is 0 Å². The first-order valence-electron chi connectivity index (χ1n) is 18.8. The second-order valence-electron chi connectivity index (χ2n) is 12.5. The maximum atomic E-state index is 11.9. The molecule has 0 saturated carbocycles. The van der Waals surface area contributed by atoms with Gasteiger partial charge in [-0.05, 0) is 57.8 Å². The van der Waals surface area contributed by atoms with Gasteiger partial charge in [0.1, 0.15) is 19.3 Å². The van der Waals surface area contributed by atoms with Gasteiger partial charge in [0.05, 0.1) is 6.10 Å². The Morgan fingerprint density at radius 3 is 1.35 bits per heavy atom. The van der Waals surface area contributed by atoms with Crippen LogP contribution >= 0.6 is 0 Å². The molecular weight excluding hydrogens is 576 g/mol. The highest BCUT2D eigenvalue weighted by Gasteiger charge is 2.12. The van der Waals surface area contributed by atoms with Crippen molar-refractivity contribution in [1.82, 2.24) is 0 Å². The molecule has 0 aliphatic carbocycles. The van der Waals surface area contributed by atoms with Crippen molar-refractivity contribution in [1.29, 1.82) is 0 Å². The molecule has 0 saturated heterocycles. The molecule has 0 spiro atoms. The van der Waals surface area contributed by atoms with Crippen LogP contribution < -0.4 is 0 Å². The second-order valence-corrected chi connectivity index (χ2v) is 12.5. The summed E-state index contributed by atoms with van der Waals surface area (Å²) in [7, 11) is 0. The summed E-state index contributed by atoms with van der Waals surface area (Å²) in [4.78, 5) is 23.9. The van der Waals surface area contributed by atoms with Gasteiger partial charge in [0.25, 0.3) is 0 Å². The van der Waals surface area contributed by atoms with Crippen LogP contribution in [-0.4, -0.2) is 47.6 Å². The molecule has 0 amide bonds. The topological polar surface area (TPSA) is 93.1 Å². The van der Waals surface area contributed by atoms with Crippen LogP contribution in [0.2, 0.25) is 0 Å². The fraction of sp³-hybridized carbons (Fsp3) is 0.750. The van der Waals surface area contributed by atoms with Gasteiger partial charge in [0.15, 0.2) is 0 Å². The number of ether oxygens (including phenoxy) is 2. The van der Waals surface area contributed by atoms with E-state index >= 15 is 0 Å². The Balaban J connectivity index is 3.56. The number of allylic oxidation sites excluding steroid dienone is 8. The van der Waals surface area contributed by atoms with Crippen molar-refractivity contribution in [2.75, 3.05) is 13.2 Å². The Labute approximate surface area is 282 Å². The lowest BCUT2D eigenvalue weighted by Crippen LogP contribution is -2.25. The van der Waals surface area contributed by atoms with Crippen molar-refractivity contribution in [2.24, 2.45) is 0 Å². The number of hydrogen-bond donors (Lipinski definition) is 2. The SMILES string of the molecule is CCCCCCCCCCCCCCCCC(=O)OC[C@H](O)COC(=O)CCC/C=C\C/C=C\C/C=C\C/C=C\CC[C@@H](O)CC. The molecule has 0 aromatic heterocycles. The summed E-state index contributed by atoms with van der Waals surface area (Å²) in [6.45, 7) is 3.97. The van der Waals surface area contributed by atoms with E-state index in [1.54, 1.807) is 0 Å². The second kappa shape index (κ2) is 35.7. The largest absolute Gasteiger partial charge is 0.463 e. The zero-order valence-electron chi connectivity index (χ0n) is 29.7. The van der Waals surface area contributed by atoms with E-state index in [-0.39, 0.29) is 31.3 Å². The lowest BCUT2D eigenvalue weighted by molar-refractivity contribution is -0.152. The average Bonchev–Trinajstić information content (AvgIpc) is 3.06. The number of rotatable bonds is 33. The normalized spacial score (nSPS) is 13.4. The van der Waals surface area contributed by atoms with E-state index in [0.29, 0.717) is 19.3 Å². The predicted octanol–water partition coefficient (Wildman–Crippen LogP) is 10.4. The third-order valence-electron chi connectivity index (χ3n) is 7.98. The molecule has 0 bridgehead atoms. The van der Waals surface area contributed by atoms with E-state index in [0.717, 1.165) is 64.2 Å². The molecule has 0 aromatic rings. The minimum atomic E-state index is -0.993. The lowest BCUT2D eigenvalue weighted by Gasteiger charge is -2.12. The highest BCUT2D eigenvalue weighted by molar-refractivity contribution is 5.69. The number of carbonyl (C=O) groups is 2. The first-order valence-corrected chi connectivity index (χ1v) is 18.8. The van der Waals surface area contributed by atoms with Gasteiger partial charge in [-0.25, -0.2) is 0 Å². The summed E-state index contributed by atoms with van der Waals surface area (Å²) in [5, 5.41) is 19.5. The number of aliphatic hydroxyl groups excluding tert-OH is 2. The van der Waals surface area contributed by atoms with Gasteiger partial charge in [0, 0.05) is 12.8 Å². The molecule has 0 radical (unpaired) electrons. The smallest absolute Gasteiger partial charge is 0.305 e. The summed E-state index contributed by atoms with van der Waals surface area (Å²) in [5.41, 5.74) is 0. The van der Waals surface area contributed by atoms with Crippen LogP contribution in [0, 0.1) is 0 Å². The van der Waals surface area contributed by atoms with Crippen LogP contribution in [0.4, 0.5) is 0 Å². The molecule has 0 unspecified atom stereocenters. The Bertz CT molecular complexity index is 800. The molecule has 0 aliphatic rings. The molecule has 0 rings (SSSR count). The Kier molecular flexibility index (Phi) is 34.0. The highest BCUT2D eigenvalue weighted by atomic mass is 16.6. The number of aliphatic hydroxyl groups is 2. The highest BCUT2D eigenvalue weighted by Crippen LogP contribution is 2.13. The molecule has 266 valence electrons. The van der Waals surface area contributed by atoms with Crippen molar-refractivity contribution in [3.05, 3.63) is 48.6 Å². The number of hydrogen-bond acceptors (Lipinski definition) is 6.